The van der Waals surface area contributed by atoms with Crippen molar-refractivity contribution in [3.63, 3.8) is 0 Å². The van der Waals surface area contributed by atoms with Gasteiger partial charge in [-0.05, 0) is 49.8 Å². The summed E-state index contributed by atoms with van der Waals surface area (Å²) in [5, 5.41) is 22.4. The lowest BCUT2D eigenvalue weighted by Gasteiger charge is -2.14. The van der Waals surface area contributed by atoms with Gasteiger partial charge in [-0.25, -0.2) is 14.0 Å². The molecule has 0 saturated carbocycles. The van der Waals surface area contributed by atoms with Gasteiger partial charge in [0.1, 0.15) is 20.6 Å². The molecule has 156 valence electrons. The molecule has 11 heteroatoms. The molecule has 0 atom stereocenters. The van der Waals surface area contributed by atoms with E-state index in [0.29, 0.717) is 23.1 Å². The first kappa shape index (κ1) is 20.1. The first-order chi connectivity index (χ1) is 13.6. The summed E-state index contributed by atoms with van der Waals surface area (Å²) in [4.78, 5) is 16.4. The van der Waals surface area contributed by atoms with Crippen LogP contribution in [0.2, 0.25) is 0 Å². The van der Waals surface area contributed by atoms with Gasteiger partial charge in [-0.2, -0.15) is 0 Å². The minimum Gasteiger partial charge on any atom is -0.491 e. The minimum absolute atomic E-state index is 0.163. The van der Waals surface area contributed by atoms with Crippen molar-refractivity contribution in [3.8, 4) is 5.75 Å². The number of thiol groups is 1. The molecule has 29 heavy (non-hydrogen) atoms. The summed E-state index contributed by atoms with van der Waals surface area (Å²) >= 11 is 0.980. The van der Waals surface area contributed by atoms with Crippen molar-refractivity contribution < 1.29 is 18.8 Å². The van der Waals surface area contributed by atoms with Crippen LogP contribution in [0.5, 0.6) is 5.75 Å². The van der Waals surface area contributed by atoms with Crippen molar-refractivity contribution in [1.29, 1.82) is 0 Å². The number of rotatable bonds is 4. The van der Waals surface area contributed by atoms with E-state index in [9.17, 15) is 14.1 Å². The number of hydrogen-bond donors (Lipinski definition) is 4. The highest BCUT2D eigenvalue weighted by Gasteiger charge is 2.27. The van der Waals surface area contributed by atoms with E-state index in [1.807, 2.05) is 0 Å². The molecule has 0 saturated heterocycles. The SMILES string of the molecule is CC(C)(O)c1ncc([SH](N)(=O)/N=N/C(=O)Nc2c3c(cc4c2OCC4)CCC3)s1. The summed E-state index contributed by atoms with van der Waals surface area (Å²) in [7, 11) is -3.77. The van der Waals surface area contributed by atoms with Crippen molar-refractivity contribution in [2.75, 3.05) is 11.9 Å². The van der Waals surface area contributed by atoms with Crippen molar-refractivity contribution >= 4 is 33.4 Å². The van der Waals surface area contributed by atoms with Crippen molar-refractivity contribution in [2.24, 2.45) is 14.8 Å². The number of carbonyl (C=O) groups excluding carboxylic acids is 1. The number of benzene rings is 1. The number of hydrogen-bond acceptors (Lipinski definition) is 6. The number of nitrogens with zero attached hydrogens (tertiary/aromatic N) is 3. The lowest BCUT2D eigenvalue weighted by atomic mass is 10.0. The van der Waals surface area contributed by atoms with Crippen LogP contribution in [-0.2, 0) is 35.2 Å². The van der Waals surface area contributed by atoms with Gasteiger partial charge in [-0.1, -0.05) is 15.7 Å². The van der Waals surface area contributed by atoms with E-state index >= 15 is 0 Å². The highest BCUT2D eigenvalue weighted by atomic mass is 32.3. The zero-order valence-corrected chi connectivity index (χ0v) is 17.8. The Labute approximate surface area is 173 Å². The third-order valence-corrected chi connectivity index (χ3v) is 8.15. The van der Waals surface area contributed by atoms with Crippen LogP contribution in [0.25, 0.3) is 0 Å². The molecule has 2 amide bonds. The molecule has 0 unspecified atom stereocenters. The Morgan fingerprint density at radius 1 is 1.38 bits per heavy atom. The molecule has 9 nitrogen and oxygen atoms in total. The summed E-state index contributed by atoms with van der Waals surface area (Å²) in [6.07, 6.45) is 4.95. The van der Waals surface area contributed by atoms with Crippen LogP contribution in [0.15, 0.2) is 26.1 Å². The van der Waals surface area contributed by atoms with Crippen LogP contribution >= 0.6 is 11.3 Å². The van der Waals surface area contributed by atoms with E-state index in [0.717, 1.165) is 48.1 Å². The average Bonchev–Trinajstić information content (AvgIpc) is 3.38. The second-order valence-electron chi connectivity index (χ2n) is 7.63. The van der Waals surface area contributed by atoms with E-state index in [-0.39, 0.29) is 4.21 Å². The number of amides is 2. The third kappa shape index (κ3) is 3.95. The highest BCUT2D eigenvalue weighted by molar-refractivity contribution is 8.01. The molecule has 0 spiro atoms. The molecule has 4 N–H and O–H groups in total. The number of aliphatic hydroxyl groups is 1. The van der Waals surface area contributed by atoms with E-state index in [4.69, 9.17) is 9.88 Å². The monoisotopic (exact) mass is 437 g/mol. The second-order valence-corrected chi connectivity index (χ2v) is 10.9. The largest absolute Gasteiger partial charge is 0.491 e. The Morgan fingerprint density at radius 2 is 2.17 bits per heavy atom. The molecular weight excluding hydrogens is 414 g/mol. The van der Waals surface area contributed by atoms with Crippen LogP contribution in [-0.4, -0.2) is 26.9 Å². The van der Waals surface area contributed by atoms with E-state index in [1.165, 1.54) is 11.8 Å². The quantitative estimate of drug-likeness (QED) is 0.430. The van der Waals surface area contributed by atoms with E-state index in [1.54, 1.807) is 13.8 Å². The summed E-state index contributed by atoms with van der Waals surface area (Å²) in [6, 6.07) is 1.39. The standard InChI is InChI=1S/C18H23N5O4S2/c1-18(2,25)16-20-9-13(28-16)29(19,26)23-22-17(24)21-14-12-5-3-4-10(12)8-11-6-7-27-15(11)14/h8-9,25,29H,3-7H2,1-2H3,(H2,19,26)(H,21,24)/b23-22+. The predicted molar refractivity (Wildman–Crippen MR) is 111 cm³/mol. The van der Waals surface area contributed by atoms with Gasteiger partial charge in [0.15, 0.2) is 0 Å². The zero-order valence-electron chi connectivity index (χ0n) is 16.1. The van der Waals surface area contributed by atoms with Crippen molar-refractivity contribution in [3.05, 3.63) is 34.0 Å². The summed E-state index contributed by atoms with van der Waals surface area (Å²) < 4.78 is 22.2. The highest BCUT2D eigenvalue weighted by Crippen LogP contribution is 2.42. The first-order valence-corrected chi connectivity index (χ1v) is 11.8. The molecule has 2 aliphatic rings. The average molecular weight is 438 g/mol. The summed E-state index contributed by atoms with van der Waals surface area (Å²) in [5.41, 5.74) is 2.79. The molecule has 0 bridgehead atoms. The number of thiazole rings is 1. The number of ether oxygens (including phenoxy) is 1. The number of aromatic nitrogens is 1. The van der Waals surface area contributed by atoms with Crippen molar-refractivity contribution in [1.82, 2.24) is 4.98 Å². The normalized spacial score (nSPS) is 16.6. The maximum absolute atomic E-state index is 12.7. The fourth-order valence-corrected chi connectivity index (χ4v) is 5.59. The Balaban J connectivity index is 1.54. The molecule has 0 fully saturated rings. The van der Waals surface area contributed by atoms with Gasteiger partial charge in [0, 0.05) is 6.42 Å². The van der Waals surface area contributed by atoms with Crippen molar-refractivity contribution in [2.45, 2.75) is 49.3 Å². The first-order valence-electron chi connectivity index (χ1n) is 9.28. The van der Waals surface area contributed by atoms with Crippen LogP contribution in [0.3, 0.4) is 0 Å². The number of carbonyl (C=O) groups is 1. The molecule has 2 aromatic rings. The van der Waals surface area contributed by atoms with E-state index < -0.39 is 21.9 Å². The van der Waals surface area contributed by atoms with Crippen LogP contribution in [0.4, 0.5) is 10.5 Å². The fourth-order valence-electron chi connectivity index (χ4n) is 3.51. The van der Waals surface area contributed by atoms with Crippen LogP contribution in [0.1, 0.15) is 42.0 Å². The summed E-state index contributed by atoms with van der Waals surface area (Å²) in [5.74, 6) is 0.683. The van der Waals surface area contributed by atoms with Gasteiger partial charge in [0.2, 0.25) is 0 Å². The van der Waals surface area contributed by atoms with E-state index in [2.05, 4.69) is 26.0 Å². The van der Waals surface area contributed by atoms with Gasteiger partial charge in [-0.3, -0.25) is 5.14 Å². The Kier molecular flexibility index (Phi) is 5.01. The molecule has 4 rings (SSSR count). The lowest BCUT2D eigenvalue weighted by molar-refractivity contribution is 0.0783. The Hall–Kier alpha value is -2.21. The Morgan fingerprint density at radius 3 is 2.90 bits per heavy atom. The maximum Gasteiger partial charge on any atom is 0.364 e. The molecule has 1 aliphatic carbocycles. The molecule has 1 aromatic heterocycles. The number of urea groups is 1. The van der Waals surface area contributed by atoms with Crippen LogP contribution < -0.4 is 15.2 Å². The predicted octanol–water partition coefficient (Wildman–Crippen LogP) is 2.64. The topological polar surface area (TPSA) is 139 Å². The number of nitrogens with one attached hydrogen (secondary N) is 1. The molecule has 1 aromatic carbocycles. The fraction of sp³-hybridized carbons (Fsp3) is 0.444. The Bertz CT molecular complexity index is 1030. The maximum atomic E-state index is 12.7. The van der Waals surface area contributed by atoms with Gasteiger partial charge >= 0.3 is 6.03 Å². The van der Waals surface area contributed by atoms with Crippen LogP contribution in [0, 0.1) is 0 Å². The van der Waals surface area contributed by atoms with Gasteiger partial charge in [0.05, 0.1) is 28.8 Å². The molecule has 0 radical (unpaired) electrons. The number of nitrogens with two attached hydrogens (primary N) is 1. The number of fused-ring (bicyclic) bond motifs is 2. The molecular formula is C18H23N5O4S2. The smallest absolute Gasteiger partial charge is 0.364 e. The zero-order chi connectivity index (χ0) is 20.8. The number of anilines is 1. The van der Waals surface area contributed by atoms with Gasteiger partial charge < -0.3 is 15.2 Å². The number of aryl methyl sites for hydroxylation is 1. The molecule has 2 heterocycles. The molecule has 1 aliphatic heterocycles. The van der Waals surface area contributed by atoms with Gasteiger partial charge in [-0.15, -0.1) is 11.3 Å². The second kappa shape index (κ2) is 7.24. The summed E-state index contributed by atoms with van der Waals surface area (Å²) in [6.45, 7) is 3.70. The minimum atomic E-state index is -3.77. The van der Waals surface area contributed by atoms with Gasteiger partial charge in [0.25, 0.3) is 0 Å². The third-order valence-electron chi connectivity index (χ3n) is 4.88. The lowest BCUT2D eigenvalue weighted by Crippen LogP contribution is -2.19.